The van der Waals surface area contributed by atoms with E-state index in [2.05, 4.69) is 22.1 Å². The quantitative estimate of drug-likeness (QED) is 0.551. The van der Waals surface area contributed by atoms with Crippen LogP contribution < -0.4 is 10.9 Å². The highest BCUT2D eigenvalue weighted by molar-refractivity contribution is 5.78. The first kappa shape index (κ1) is 18.9. The van der Waals surface area contributed by atoms with Crippen LogP contribution in [-0.2, 0) is 6.42 Å². The number of likely N-dealkylation sites (tertiary alicyclic amines) is 1. The van der Waals surface area contributed by atoms with E-state index < -0.39 is 6.23 Å². The second-order valence-electron chi connectivity index (χ2n) is 7.46. The number of H-pyrrole nitrogens is 1. The molecule has 148 valence electrons. The third-order valence-electron chi connectivity index (χ3n) is 5.56. The van der Waals surface area contributed by atoms with Crippen molar-refractivity contribution in [1.82, 2.24) is 19.8 Å². The van der Waals surface area contributed by atoms with Crippen LogP contribution in [0.3, 0.4) is 0 Å². The lowest BCUT2D eigenvalue weighted by atomic mass is 10.1. The summed E-state index contributed by atoms with van der Waals surface area (Å²) in [5.74, 6) is 0. The van der Waals surface area contributed by atoms with Crippen molar-refractivity contribution in [3.63, 3.8) is 0 Å². The fraction of sp³-hybridized carbons (Fsp3) is 0.409. The average Bonchev–Trinajstić information content (AvgIpc) is 3.38. The molecule has 3 heterocycles. The standard InChI is InChI=1S/C22H28N4O2/c1-2-16-5-8-18(9-6-16)26-20(27)10-7-17-15-19(24-21(17)26)22(28)23-11-14-25-12-3-4-13-25/h5-10,15,22-24,28H,2-4,11-14H2,1H3. The molecule has 6 nitrogen and oxygen atoms in total. The van der Waals surface area contributed by atoms with Gasteiger partial charge in [-0.05, 0) is 62.2 Å². The van der Waals surface area contributed by atoms with Crippen LogP contribution in [0.1, 0.15) is 37.3 Å². The van der Waals surface area contributed by atoms with Gasteiger partial charge in [-0.3, -0.25) is 14.7 Å². The van der Waals surface area contributed by atoms with Gasteiger partial charge in [0, 0.05) is 24.5 Å². The van der Waals surface area contributed by atoms with E-state index in [9.17, 15) is 9.90 Å². The number of benzene rings is 1. The molecule has 1 aromatic carbocycles. The van der Waals surface area contributed by atoms with E-state index in [0.717, 1.165) is 43.7 Å². The van der Waals surface area contributed by atoms with Gasteiger partial charge in [-0.25, -0.2) is 0 Å². The Kier molecular flexibility index (Phi) is 5.62. The van der Waals surface area contributed by atoms with Gasteiger partial charge in [-0.15, -0.1) is 0 Å². The van der Waals surface area contributed by atoms with Crippen LogP contribution in [0.15, 0.2) is 47.3 Å². The summed E-state index contributed by atoms with van der Waals surface area (Å²) in [6.45, 7) is 6.06. The molecule has 1 saturated heterocycles. The molecule has 2 aromatic heterocycles. The van der Waals surface area contributed by atoms with Gasteiger partial charge in [0.25, 0.3) is 5.56 Å². The minimum Gasteiger partial charge on any atom is -0.373 e. The highest BCUT2D eigenvalue weighted by Crippen LogP contribution is 2.20. The molecule has 28 heavy (non-hydrogen) atoms. The van der Waals surface area contributed by atoms with Crippen molar-refractivity contribution in [3.05, 3.63) is 64.1 Å². The van der Waals surface area contributed by atoms with Crippen molar-refractivity contribution >= 4 is 11.0 Å². The van der Waals surface area contributed by atoms with E-state index in [1.807, 2.05) is 30.3 Å². The topological polar surface area (TPSA) is 73.3 Å². The molecular formula is C22H28N4O2. The predicted octanol–water partition coefficient (Wildman–Crippen LogP) is 2.56. The van der Waals surface area contributed by atoms with Crippen molar-refractivity contribution in [1.29, 1.82) is 0 Å². The Morgan fingerprint density at radius 3 is 2.61 bits per heavy atom. The lowest BCUT2D eigenvalue weighted by Gasteiger charge is -2.17. The van der Waals surface area contributed by atoms with Gasteiger partial charge in [-0.1, -0.05) is 19.1 Å². The molecule has 0 saturated carbocycles. The Labute approximate surface area is 164 Å². The number of aromatic nitrogens is 2. The highest BCUT2D eigenvalue weighted by atomic mass is 16.3. The molecule has 1 unspecified atom stereocenters. The Hall–Kier alpha value is -2.41. The molecule has 0 spiro atoms. The first-order chi connectivity index (χ1) is 13.7. The van der Waals surface area contributed by atoms with Gasteiger partial charge in [0.1, 0.15) is 11.9 Å². The number of aliphatic hydroxyl groups is 1. The number of hydrogen-bond donors (Lipinski definition) is 3. The summed E-state index contributed by atoms with van der Waals surface area (Å²) in [4.78, 5) is 18.2. The molecule has 1 atom stereocenters. The zero-order valence-electron chi connectivity index (χ0n) is 16.3. The van der Waals surface area contributed by atoms with Crippen molar-refractivity contribution < 1.29 is 5.11 Å². The maximum atomic E-state index is 12.5. The molecular weight excluding hydrogens is 352 g/mol. The molecule has 0 bridgehead atoms. The zero-order valence-corrected chi connectivity index (χ0v) is 16.3. The predicted molar refractivity (Wildman–Crippen MR) is 112 cm³/mol. The van der Waals surface area contributed by atoms with Crippen LogP contribution in [0.5, 0.6) is 0 Å². The maximum Gasteiger partial charge on any atom is 0.256 e. The average molecular weight is 380 g/mol. The van der Waals surface area contributed by atoms with Gasteiger partial charge in [0.15, 0.2) is 0 Å². The van der Waals surface area contributed by atoms with Crippen LogP contribution in [0.4, 0.5) is 0 Å². The normalized spacial score (nSPS) is 16.1. The van der Waals surface area contributed by atoms with Gasteiger partial charge in [-0.2, -0.15) is 0 Å². The fourth-order valence-corrected chi connectivity index (χ4v) is 3.90. The van der Waals surface area contributed by atoms with Crippen molar-refractivity contribution in [2.24, 2.45) is 0 Å². The van der Waals surface area contributed by atoms with E-state index >= 15 is 0 Å². The van der Waals surface area contributed by atoms with Crippen LogP contribution >= 0.6 is 0 Å². The Balaban J connectivity index is 1.56. The summed E-state index contributed by atoms with van der Waals surface area (Å²) in [5.41, 5.74) is 3.32. The van der Waals surface area contributed by atoms with Gasteiger partial charge >= 0.3 is 0 Å². The summed E-state index contributed by atoms with van der Waals surface area (Å²) in [5, 5.41) is 14.6. The third kappa shape index (κ3) is 3.90. The number of pyridine rings is 1. The van der Waals surface area contributed by atoms with E-state index in [4.69, 9.17) is 0 Å². The number of aliphatic hydroxyl groups excluding tert-OH is 1. The molecule has 3 aromatic rings. The van der Waals surface area contributed by atoms with Gasteiger partial charge < -0.3 is 15.0 Å². The minimum atomic E-state index is -0.791. The number of aryl methyl sites for hydroxylation is 1. The Bertz CT molecular complexity index is 984. The molecule has 0 aliphatic carbocycles. The summed E-state index contributed by atoms with van der Waals surface area (Å²) in [6.07, 6.45) is 2.70. The largest absolute Gasteiger partial charge is 0.373 e. The van der Waals surface area contributed by atoms with Crippen LogP contribution in [0, 0.1) is 0 Å². The van der Waals surface area contributed by atoms with Crippen molar-refractivity contribution in [2.75, 3.05) is 26.2 Å². The molecule has 1 fully saturated rings. The SMILES string of the molecule is CCc1ccc(-n2c(=O)ccc3cc(C(O)NCCN4CCCC4)[nH]c32)cc1. The van der Waals surface area contributed by atoms with Gasteiger partial charge in [0.05, 0.1) is 11.4 Å². The second kappa shape index (κ2) is 8.31. The molecule has 6 heteroatoms. The number of rotatable bonds is 7. The zero-order chi connectivity index (χ0) is 19.5. The van der Waals surface area contributed by atoms with Gasteiger partial charge in [0.2, 0.25) is 0 Å². The molecule has 1 aliphatic heterocycles. The first-order valence-electron chi connectivity index (χ1n) is 10.1. The maximum absolute atomic E-state index is 12.5. The molecule has 3 N–H and O–H groups in total. The van der Waals surface area contributed by atoms with Crippen LogP contribution in [-0.4, -0.2) is 45.7 Å². The second-order valence-corrected chi connectivity index (χ2v) is 7.46. The molecule has 4 rings (SSSR count). The van der Waals surface area contributed by atoms with E-state index in [0.29, 0.717) is 11.3 Å². The number of nitrogens with zero attached hydrogens (tertiary/aromatic N) is 2. The lowest BCUT2D eigenvalue weighted by molar-refractivity contribution is 0.131. The smallest absolute Gasteiger partial charge is 0.256 e. The molecule has 0 radical (unpaired) electrons. The number of hydrogen-bond acceptors (Lipinski definition) is 4. The van der Waals surface area contributed by atoms with Crippen LogP contribution in [0.25, 0.3) is 16.7 Å². The summed E-state index contributed by atoms with van der Waals surface area (Å²) >= 11 is 0. The fourth-order valence-electron chi connectivity index (χ4n) is 3.90. The highest BCUT2D eigenvalue weighted by Gasteiger charge is 2.15. The number of fused-ring (bicyclic) bond motifs is 1. The number of aromatic amines is 1. The van der Waals surface area contributed by atoms with E-state index in [1.165, 1.54) is 18.4 Å². The first-order valence-corrected chi connectivity index (χ1v) is 10.1. The minimum absolute atomic E-state index is 0.0957. The summed E-state index contributed by atoms with van der Waals surface area (Å²) in [6, 6.07) is 13.3. The monoisotopic (exact) mass is 380 g/mol. The van der Waals surface area contributed by atoms with E-state index in [1.54, 1.807) is 16.7 Å². The third-order valence-corrected chi connectivity index (χ3v) is 5.56. The summed E-state index contributed by atoms with van der Waals surface area (Å²) in [7, 11) is 0. The summed E-state index contributed by atoms with van der Waals surface area (Å²) < 4.78 is 1.66. The van der Waals surface area contributed by atoms with Crippen molar-refractivity contribution in [3.8, 4) is 5.69 Å². The van der Waals surface area contributed by atoms with Crippen LogP contribution in [0.2, 0.25) is 0 Å². The Morgan fingerprint density at radius 1 is 1.14 bits per heavy atom. The lowest BCUT2D eigenvalue weighted by Crippen LogP contribution is -2.32. The van der Waals surface area contributed by atoms with Crippen molar-refractivity contribution in [2.45, 2.75) is 32.4 Å². The molecule has 1 aliphatic rings. The van der Waals surface area contributed by atoms with E-state index in [-0.39, 0.29) is 5.56 Å². The molecule has 0 amide bonds. The number of nitrogens with one attached hydrogen (secondary N) is 2. The Morgan fingerprint density at radius 2 is 1.89 bits per heavy atom.